The molecule has 5 aliphatic rings. The van der Waals surface area contributed by atoms with Gasteiger partial charge in [0.2, 0.25) is 0 Å². The molecule has 0 spiro atoms. The third-order valence-electron chi connectivity index (χ3n) is 13.0. The first-order chi connectivity index (χ1) is 18.1. The summed E-state index contributed by atoms with van der Waals surface area (Å²) in [6, 6.07) is -0.180. The Morgan fingerprint density at radius 2 is 1.66 bits per heavy atom. The van der Waals surface area contributed by atoms with E-state index >= 15 is 0 Å². The van der Waals surface area contributed by atoms with Crippen molar-refractivity contribution in [3.8, 4) is 0 Å². The number of amides is 1. The van der Waals surface area contributed by atoms with Crippen LogP contribution in [0, 0.1) is 52.3 Å². The fraction of sp³-hybridized carbons (Fsp3) is 0.969. The summed E-state index contributed by atoms with van der Waals surface area (Å²) < 4.78 is 5.58. The standard InChI is InChI=1S/C32H55NO5/c1-5-21-25-18-20(34)12-15-32(25,4)24-13-16-31(3)22(10-11-23(31)28(24)29(21)36)19(2)14-17-38-30(37)33-26-8-6-7-9-27(26)35/h19-29,34-36H,5-18H2,1-4H3,(H,33,37)/t19-,20-,21-,22-,23+,24+,25+,26+,27+,28+,29-,31-,32-/m1/s1. The molecule has 0 aromatic carbocycles. The molecule has 0 aromatic rings. The highest BCUT2D eigenvalue weighted by Gasteiger charge is 2.64. The first-order valence-corrected chi connectivity index (χ1v) is 16.1. The normalized spacial score (nSPS) is 49.3. The van der Waals surface area contributed by atoms with E-state index in [0.29, 0.717) is 48.0 Å². The predicted molar refractivity (Wildman–Crippen MR) is 148 cm³/mol. The molecule has 6 heteroatoms. The van der Waals surface area contributed by atoms with E-state index in [-0.39, 0.29) is 29.1 Å². The molecule has 13 atom stereocenters. The highest BCUT2D eigenvalue weighted by molar-refractivity contribution is 5.67. The van der Waals surface area contributed by atoms with Crippen LogP contribution in [0.1, 0.15) is 111 Å². The molecule has 0 aliphatic heterocycles. The van der Waals surface area contributed by atoms with Crippen LogP contribution in [-0.2, 0) is 4.74 Å². The van der Waals surface area contributed by atoms with Crippen LogP contribution in [0.25, 0.3) is 0 Å². The minimum Gasteiger partial charge on any atom is -0.450 e. The maximum Gasteiger partial charge on any atom is 0.407 e. The summed E-state index contributed by atoms with van der Waals surface area (Å²) in [5, 5.41) is 35.4. The maximum absolute atomic E-state index is 12.4. The van der Waals surface area contributed by atoms with E-state index in [2.05, 4.69) is 33.0 Å². The van der Waals surface area contributed by atoms with Gasteiger partial charge in [0, 0.05) is 0 Å². The van der Waals surface area contributed by atoms with Crippen LogP contribution in [0.3, 0.4) is 0 Å². The van der Waals surface area contributed by atoms with Crippen molar-refractivity contribution in [3.63, 3.8) is 0 Å². The zero-order valence-electron chi connectivity index (χ0n) is 24.4. The molecule has 0 heterocycles. The molecule has 0 unspecified atom stereocenters. The summed E-state index contributed by atoms with van der Waals surface area (Å²) in [4.78, 5) is 12.4. The zero-order chi connectivity index (χ0) is 27.2. The van der Waals surface area contributed by atoms with Gasteiger partial charge in [-0.3, -0.25) is 0 Å². The first-order valence-electron chi connectivity index (χ1n) is 16.1. The highest BCUT2D eigenvalue weighted by atomic mass is 16.5. The SMILES string of the molecule is CC[C@H]1[C@@H](O)[C@@H]2[C@H](CC[C@]3(C)[C@@H]([C@H](C)CCOC(=O)N[C@H]4CCCC[C@@H]4O)CC[C@@H]23)[C@@]2(C)CC[C@@H](O)C[C@@H]12. The largest absolute Gasteiger partial charge is 0.450 e. The number of ether oxygens (including phenoxy) is 1. The van der Waals surface area contributed by atoms with E-state index in [0.717, 1.165) is 57.8 Å². The van der Waals surface area contributed by atoms with Crippen LogP contribution in [-0.4, -0.2) is 52.4 Å². The van der Waals surface area contributed by atoms with Crippen LogP contribution >= 0.6 is 0 Å². The van der Waals surface area contributed by atoms with Gasteiger partial charge in [0.05, 0.1) is 31.0 Å². The minimum atomic E-state index is -0.459. The van der Waals surface area contributed by atoms with Crippen LogP contribution < -0.4 is 5.32 Å². The Bertz CT molecular complexity index is 837. The van der Waals surface area contributed by atoms with Crippen molar-refractivity contribution in [2.24, 2.45) is 52.3 Å². The van der Waals surface area contributed by atoms with Crippen molar-refractivity contribution in [3.05, 3.63) is 0 Å². The summed E-state index contributed by atoms with van der Waals surface area (Å²) in [7, 11) is 0. The second-order valence-electron chi connectivity index (χ2n) is 14.6. The molecular formula is C32H55NO5. The topological polar surface area (TPSA) is 99.0 Å². The maximum atomic E-state index is 12.4. The molecule has 38 heavy (non-hydrogen) atoms. The number of alkyl carbamates (subject to hydrolysis) is 1. The van der Waals surface area contributed by atoms with Gasteiger partial charge in [0.25, 0.3) is 0 Å². The molecule has 4 N–H and O–H groups in total. The van der Waals surface area contributed by atoms with Crippen molar-refractivity contribution in [2.75, 3.05) is 6.61 Å². The Morgan fingerprint density at radius 3 is 2.39 bits per heavy atom. The molecule has 0 aromatic heterocycles. The van der Waals surface area contributed by atoms with Gasteiger partial charge >= 0.3 is 6.09 Å². The van der Waals surface area contributed by atoms with Gasteiger partial charge in [0.1, 0.15) is 0 Å². The second kappa shape index (κ2) is 11.2. The average Bonchev–Trinajstić information content (AvgIpc) is 3.24. The molecule has 0 radical (unpaired) electrons. The van der Waals surface area contributed by atoms with E-state index in [4.69, 9.17) is 4.74 Å². The molecule has 5 saturated carbocycles. The van der Waals surface area contributed by atoms with Crippen molar-refractivity contribution in [1.82, 2.24) is 5.32 Å². The van der Waals surface area contributed by atoms with Crippen LogP contribution in [0.5, 0.6) is 0 Å². The number of nitrogens with one attached hydrogen (secondary N) is 1. The Morgan fingerprint density at radius 1 is 0.947 bits per heavy atom. The fourth-order valence-electron chi connectivity index (χ4n) is 10.9. The van der Waals surface area contributed by atoms with Crippen LogP contribution in [0.2, 0.25) is 0 Å². The summed E-state index contributed by atoms with van der Waals surface area (Å²) in [5.41, 5.74) is 0.466. The van der Waals surface area contributed by atoms with E-state index in [1.807, 2.05) is 0 Å². The number of rotatable bonds is 6. The van der Waals surface area contributed by atoms with E-state index < -0.39 is 12.2 Å². The van der Waals surface area contributed by atoms with Crippen molar-refractivity contribution in [2.45, 2.75) is 136 Å². The van der Waals surface area contributed by atoms with Gasteiger partial charge in [0.15, 0.2) is 0 Å². The predicted octanol–water partition coefficient (Wildman–Crippen LogP) is 5.67. The molecule has 1 amide bonds. The molecule has 0 bridgehead atoms. The van der Waals surface area contributed by atoms with Crippen LogP contribution in [0.15, 0.2) is 0 Å². The third kappa shape index (κ3) is 4.93. The number of aliphatic hydroxyl groups excluding tert-OH is 3. The van der Waals surface area contributed by atoms with Gasteiger partial charge in [-0.05, 0) is 116 Å². The Hall–Kier alpha value is -0.850. The molecule has 5 rings (SSSR count). The lowest BCUT2D eigenvalue weighted by atomic mass is 9.41. The average molecular weight is 534 g/mol. The zero-order valence-corrected chi connectivity index (χ0v) is 24.4. The summed E-state index contributed by atoms with van der Waals surface area (Å²) in [6.07, 6.45) is 11.9. The number of hydrogen-bond donors (Lipinski definition) is 4. The summed E-state index contributed by atoms with van der Waals surface area (Å²) in [6.45, 7) is 10.0. The van der Waals surface area contributed by atoms with E-state index in [9.17, 15) is 20.1 Å². The van der Waals surface area contributed by atoms with Crippen molar-refractivity contribution < 1.29 is 24.9 Å². The number of carbonyl (C=O) groups excluding carboxylic acids is 1. The quantitative estimate of drug-likeness (QED) is 0.353. The number of aliphatic hydroxyl groups is 3. The summed E-state index contributed by atoms with van der Waals surface area (Å²) >= 11 is 0. The number of hydrogen-bond acceptors (Lipinski definition) is 5. The molecule has 0 saturated heterocycles. The summed E-state index contributed by atoms with van der Waals surface area (Å²) in [5.74, 6) is 3.27. The lowest BCUT2D eigenvalue weighted by molar-refractivity contribution is -0.203. The minimum absolute atomic E-state index is 0.180. The second-order valence-corrected chi connectivity index (χ2v) is 14.6. The Balaban J connectivity index is 1.22. The van der Waals surface area contributed by atoms with Gasteiger partial charge in [-0.2, -0.15) is 0 Å². The Labute approximate surface area is 230 Å². The van der Waals surface area contributed by atoms with Gasteiger partial charge < -0.3 is 25.4 Å². The lowest BCUT2D eigenvalue weighted by Gasteiger charge is -2.64. The van der Waals surface area contributed by atoms with E-state index in [1.165, 1.54) is 25.7 Å². The van der Waals surface area contributed by atoms with Gasteiger partial charge in [-0.1, -0.05) is 47.0 Å². The number of carbonyl (C=O) groups is 1. The van der Waals surface area contributed by atoms with Gasteiger partial charge in [-0.25, -0.2) is 4.79 Å². The van der Waals surface area contributed by atoms with Crippen molar-refractivity contribution >= 4 is 6.09 Å². The number of fused-ring (bicyclic) bond motifs is 5. The van der Waals surface area contributed by atoms with Crippen molar-refractivity contribution in [1.29, 1.82) is 0 Å². The highest BCUT2D eigenvalue weighted by Crippen LogP contribution is 2.69. The molecule has 5 aliphatic carbocycles. The smallest absolute Gasteiger partial charge is 0.407 e. The monoisotopic (exact) mass is 533 g/mol. The first kappa shape index (κ1) is 28.7. The molecule has 218 valence electrons. The molecular weight excluding hydrogens is 478 g/mol. The molecule has 5 fully saturated rings. The third-order valence-corrected chi connectivity index (χ3v) is 13.0. The molecule has 6 nitrogen and oxygen atoms in total. The van der Waals surface area contributed by atoms with E-state index in [1.54, 1.807) is 0 Å². The fourth-order valence-corrected chi connectivity index (χ4v) is 10.9. The lowest BCUT2D eigenvalue weighted by Crippen LogP contribution is -2.62. The Kier molecular flexibility index (Phi) is 8.45. The van der Waals surface area contributed by atoms with Gasteiger partial charge in [-0.15, -0.1) is 0 Å². The van der Waals surface area contributed by atoms with Crippen LogP contribution in [0.4, 0.5) is 4.79 Å².